The fourth-order valence-corrected chi connectivity index (χ4v) is 0.903. The maximum absolute atomic E-state index is 8.96. The van der Waals surface area contributed by atoms with Crippen molar-refractivity contribution in [1.82, 2.24) is 10.4 Å². The Labute approximate surface area is 65.2 Å². The van der Waals surface area contributed by atoms with Crippen LogP contribution in [0.1, 0.15) is 31.9 Å². The van der Waals surface area contributed by atoms with E-state index in [-0.39, 0.29) is 5.95 Å². The number of aromatic hydroxyl groups is 1. The number of hydrogen-bond donors (Lipinski definition) is 1. The fourth-order valence-electron chi connectivity index (χ4n) is 0.903. The molecule has 1 heterocycles. The first-order chi connectivity index (χ1) is 5.34. The van der Waals surface area contributed by atoms with Crippen molar-refractivity contribution in [3.63, 3.8) is 0 Å². The van der Waals surface area contributed by atoms with Crippen molar-refractivity contribution in [1.29, 1.82) is 0 Å². The van der Waals surface area contributed by atoms with E-state index in [2.05, 4.69) is 21.8 Å². The summed E-state index contributed by atoms with van der Waals surface area (Å²) in [6.07, 6.45) is 4.08. The quantitative estimate of drug-likeness (QED) is 0.671. The largest absolute Gasteiger partial charge is 0.478 e. The summed E-state index contributed by atoms with van der Waals surface area (Å²) in [6, 6.07) is 0. The van der Waals surface area contributed by atoms with E-state index < -0.39 is 0 Å². The average Bonchev–Trinajstić information content (AvgIpc) is 2.37. The molecule has 0 aromatic carbocycles. The molecule has 0 atom stereocenters. The maximum Gasteiger partial charge on any atom is 0.332 e. The Kier molecular flexibility index (Phi) is 2.89. The highest BCUT2D eigenvalue weighted by Gasteiger charge is 2.06. The predicted octanol–water partition coefficient (Wildman–Crippen LogP) is 1.51. The molecule has 0 aliphatic heterocycles. The second-order valence-corrected chi connectivity index (χ2v) is 2.48. The number of aromatic nitrogens is 2. The Morgan fingerprint density at radius 1 is 1.45 bits per heavy atom. The Bertz CT molecular complexity index is 210. The molecule has 1 N–H and O–H groups in total. The maximum atomic E-state index is 8.96. The topological polar surface area (TPSA) is 59.2 Å². The Balaban J connectivity index is 2.32. The van der Waals surface area contributed by atoms with Crippen LogP contribution in [0.25, 0.3) is 0 Å². The highest BCUT2D eigenvalue weighted by atomic mass is 16.6. The first kappa shape index (κ1) is 8.04. The first-order valence-corrected chi connectivity index (χ1v) is 3.84. The van der Waals surface area contributed by atoms with Gasteiger partial charge in [0.2, 0.25) is 0 Å². The number of hydrogen-bond acceptors (Lipinski definition) is 4. The molecule has 1 aromatic heterocycles. The van der Waals surface area contributed by atoms with E-state index in [1.807, 2.05) is 0 Å². The highest BCUT2D eigenvalue weighted by molar-refractivity contribution is 5.08. The molecule has 0 radical (unpaired) electrons. The third-order valence-corrected chi connectivity index (χ3v) is 1.55. The van der Waals surface area contributed by atoms with Gasteiger partial charge in [-0.1, -0.05) is 19.8 Å². The van der Waals surface area contributed by atoms with Crippen LogP contribution >= 0.6 is 0 Å². The van der Waals surface area contributed by atoms with Gasteiger partial charge in [-0.2, -0.15) is 0 Å². The summed E-state index contributed by atoms with van der Waals surface area (Å²) in [5.74, 6) is -0.138. The van der Waals surface area contributed by atoms with Crippen LogP contribution in [-0.4, -0.2) is 15.5 Å². The van der Waals surface area contributed by atoms with E-state index in [0.29, 0.717) is 5.69 Å². The molecule has 4 nitrogen and oxygen atoms in total. The summed E-state index contributed by atoms with van der Waals surface area (Å²) in [4.78, 5) is 0. The Morgan fingerprint density at radius 2 is 2.27 bits per heavy atom. The van der Waals surface area contributed by atoms with Crippen LogP contribution in [0.2, 0.25) is 0 Å². The summed E-state index contributed by atoms with van der Waals surface area (Å²) in [7, 11) is 0. The van der Waals surface area contributed by atoms with Gasteiger partial charge in [-0.25, -0.2) is 0 Å². The minimum absolute atomic E-state index is 0.138. The number of nitrogens with zero attached hydrogens (tertiary/aromatic N) is 2. The second-order valence-electron chi connectivity index (χ2n) is 2.48. The monoisotopic (exact) mass is 156 g/mol. The molecule has 1 aromatic rings. The van der Waals surface area contributed by atoms with Crippen molar-refractivity contribution in [2.75, 3.05) is 0 Å². The summed E-state index contributed by atoms with van der Waals surface area (Å²) in [5, 5.41) is 15.8. The van der Waals surface area contributed by atoms with Crippen LogP contribution in [0, 0.1) is 0 Å². The van der Waals surface area contributed by atoms with Gasteiger partial charge in [-0.05, 0) is 12.8 Å². The molecular formula is C7H12N2O2. The summed E-state index contributed by atoms with van der Waals surface area (Å²) in [5.41, 5.74) is 0.568. The molecule has 0 amide bonds. The fraction of sp³-hybridized carbons (Fsp3) is 0.714. The molecule has 0 bridgehead atoms. The molecule has 0 fully saturated rings. The van der Waals surface area contributed by atoms with Gasteiger partial charge in [0.05, 0.1) is 0 Å². The summed E-state index contributed by atoms with van der Waals surface area (Å²) < 4.78 is 4.39. The Morgan fingerprint density at radius 3 is 2.82 bits per heavy atom. The average molecular weight is 156 g/mol. The number of rotatable bonds is 4. The van der Waals surface area contributed by atoms with E-state index in [9.17, 15) is 0 Å². The van der Waals surface area contributed by atoms with Crippen molar-refractivity contribution in [2.45, 2.75) is 32.6 Å². The van der Waals surface area contributed by atoms with Gasteiger partial charge >= 0.3 is 5.95 Å². The molecule has 1 rings (SSSR count). The zero-order valence-electron chi connectivity index (χ0n) is 6.58. The second kappa shape index (κ2) is 3.95. The highest BCUT2D eigenvalue weighted by Crippen LogP contribution is 2.14. The minimum atomic E-state index is -0.138. The number of aryl methyl sites for hydroxylation is 1. The molecule has 0 aliphatic carbocycles. The van der Waals surface area contributed by atoms with Crippen molar-refractivity contribution in [3.8, 4) is 5.95 Å². The van der Waals surface area contributed by atoms with E-state index in [1.165, 1.54) is 0 Å². The Hall–Kier alpha value is -1.06. The van der Waals surface area contributed by atoms with Crippen LogP contribution in [0.15, 0.2) is 4.52 Å². The van der Waals surface area contributed by atoms with E-state index >= 15 is 0 Å². The molecule has 4 heteroatoms. The van der Waals surface area contributed by atoms with E-state index in [4.69, 9.17) is 5.11 Å². The van der Waals surface area contributed by atoms with Crippen molar-refractivity contribution < 1.29 is 9.63 Å². The minimum Gasteiger partial charge on any atom is -0.478 e. The number of unbranched alkanes of at least 4 members (excludes halogenated alkanes) is 2. The summed E-state index contributed by atoms with van der Waals surface area (Å²) >= 11 is 0. The lowest BCUT2D eigenvalue weighted by molar-refractivity contribution is 0.268. The van der Waals surface area contributed by atoms with Gasteiger partial charge in [0.15, 0.2) is 0 Å². The van der Waals surface area contributed by atoms with Crippen molar-refractivity contribution in [2.24, 2.45) is 0 Å². The zero-order valence-corrected chi connectivity index (χ0v) is 6.58. The van der Waals surface area contributed by atoms with Gasteiger partial charge in [-0.15, -0.1) is 5.10 Å². The molecular weight excluding hydrogens is 144 g/mol. The zero-order chi connectivity index (χ0) is 8.10. The lowest BCUT2D eigenvalue weighted by Crippen LogP contribution is -1.85. The molecule has 11 heavy (non-hydrogen) atoms. The van der Waals surface area contributed by atoms with Gasteiger partial charge in [-0.3, -0.25) is 4.52 Å². The van der Waals surface area contributed by atoms with E-state index in [0.717, 1.165) is 25.7 Å². The lowest BCUT2D eigenvalue weighted by atomic mass is 10.2. The molecule has 62 valence electrons. The first-order valence-electron chi connectivity index (χ1n) is 3.84. The van der Waals surface area contributed by atoms with Crippen LogP contribution < -0.4 is 0 Å². The van der Waals surface area contributed by atoms with Crippen LogP contribution in [0.4, 0.5) is 0 Å². The molecule has 0 saturated heterocycles. The van der Waals surface area contributed by atoms with Gasteiger partial charge in [0.25, 0.3) is 0 Å². The van der Waals surface area contributed by atoms with Gasteiger partial charge in [0, 0.05) is 5.27 Å². The molecule has 0 saturated carbocycles. The van der Waals surface area contributed by atoms with Crippen LogP contribution in [0.3, 0.4) is 0 Å². The standard InChI is InChI=1S/C7H12N2O2/c1-2-3-4-5-6-7(10)11-9-8-6/h10H,2-5H2,1H3. The van der Waals surface area contributed by atoms with Crippen LogP contribution in [-0.2, 0) is 6.42 Å². The molecule has 0 aliphatic rings. The lowest BCUT2D eigenvalue weighted by Gasteiger charge is -1.92. The predicted molar refractivity (Wildman–Crippen MR) is 39.2 cm³/mol. The summed E-state index contributed by atoms with van der Waals surface area (Å²) in [6.45, 7) is 2.13. The smallest absolute Gasteiger partial charge is 0.332 e. The van der Waals surface area contributed by atoms with Crippen LogP contribution in [0.5, 0.6) is 5.95 Å². The molecule has 0 spiro atoms. The SMILES string of the molecule is CCCCCc1nnoc1O. The van der Waals surface area contributed by atoms with Crippen molar-refractivity contribution >= 4 is 0 Å². The third-order valence-electron chi connectivity index (χ3n) is 1.55. The third kappa shape index (κ3) is 2.22. The normalized spacial score (nSPS) is 10.3. The molecule has 0 unspecified atom stereocenters. The van der Waals surface area contributed by atoms with Gasteiger partial charge in [0.1, 0.15) is 5.69 Å². The van der Waals surface area contributed by atoms with Gasteiger partial charge < -0.3 is 5.11 Å². The van der Waals surface area contributed by atoms with Crippen molar-refractivity contribution in [3.05, 3.63) is 5.69 Å². The van der Waals surface area contributed by atoms with E-state index in [1.54, 1.807) is 0 Å².